The highest BCUT2D eigenvalue weighted by atomic mass is 32.2. The fourth-order valence-corrected chi connectivity index (χ4v) is 3.39. The molecular formula is C15H17NO2S. The standard InChI is InChI=1S/C15H17NO2S/c1-12-6-5-7-13(10-12)15(16)11-19(17,18)14-8-3-2-4-9-14/h2-10,15H,11,16H2,1H3. The summed E-state index contributed by atoms with van der Waals surface area (Å²) >= 11 is 0. The van der Waals surface area contributed by atoms with Gasteiger partial charge >= 0.3 is 0 Å². The fourth-order valence-electron chi connectivity index (χ4n) is 1.96. The minimum absolute atomic E-state index is 0.0829. The summed E-state index contributed by atoms with van der Waals surface area (Å²) in [4.78, 5) is 0.318. The van der Waals surface area contributed by atoms with E-state index in [9.17, 15) is 8.42 Å². The van der Waals surface area contributed by atoms with Gasteiger partial charge in [-0.3, -0.25) is 0 Å². The number of benzene rings is 2. The van der Waals surface area contributed by atoms with Gasteiger partial charge in [-0.2, -0.15) is 0 Å². The Kier molecular flexibility index (Phi) is 4.02. The van der Waals surface area contributed by atoms with Crippen molar-refractivity contribution in [1.82, 2.24) is 0 Å². The first kappa shape index (κ1) is 13.8. The van der Waals surface area contributed by atoms with Crippen molar-refractivity contribution in [3.8, 4) is 0 Å². The van der Waals surface area contributed by atoms with E-state index in [1.165, 1.54) is 0 Å². The lowest BCUT2D eigenvalue weighted by molar-refractivity contribution is 0.589. The Hall–Kier alpha value is -1.65. The van der Waals surface area contributed by atoms with E-state index in [1.807, 2.05) is 31.2 Å². The quantitative estimate of drug-likeness (QED) is 0.932. The second-order valence-corrected chi connectivity index (χ2v) is 6.65. The molecule has 2 N–H and O–H groups in total. The van der Waals surface area contributed by atoms with Crippen LogP contribution in [0.1, 0.15) is 17.2 Å². The van der Waals surface area contributed by atoms with Gasteiger partial charge in [0.15, 0.2) is 9.84 Å². The summed E-state index contributed by atoms with van der Waals surface area (Å²) in [5, 5.41) is 0. The van der Waals surface area contributed by atoms with E-state index in [4.69, 9.17) is 5.73 Å². The fraction of sp³-hybridized carbons (Fsp3) is 0.200. The summed E-state index contributed by atoms with van der Waals surface area (Å²) in [5.41, 5.74) is 7.93. The van der Waals surface area contributed by atoms with E-state index in [2.05, 4.69) is 0 Å². The molecule has 1 atom stereocenters. The maximum atomic E-state index is 12.2. The van der Waals surface area contributed by atoms with Crippen LogP contribution in [0.3, 0.4) is 0 Å². The monoisotopic (exact) mass is 275 g/mol. The topological polar surface area (TPSA) is 60.2 Å². The summed E-state index contributed by atoms with van der Waals surface area (Å²) in [6.07, 6.45) is 0. The molecule has 1 unspecified atom stereocenters. The number of hydrogen-bond donors (Lipinski definition) is 1. The summed E-state index contributed by atoms with van der Waals surface area (Å²) in [7, 11) is -3.35. The number of sulfone groups is 1. The highest BCUT2D eigenvalue weighted by molar-refractivity contribution is 7.91. The van der Waals surface area contributed by atoms with E-state index in [-0.39, 0.29) is 5.75 Å². The Bertz CT molecular complexity index is 651. The van der Waals surface area contributed by atoms with Crippen LogP contribution in [0.4, 0.5) is 0 Å². The van der Waals surface area contributed by atoms with Gasteiger partial charge in [0.05, 0.1) is 10.6 Å². The molecule has 2 rings (SSSR count). The van der Waals surface area contributed by atoms with Gasteiger partial charge in [-0.1, -0.05) is 48.0 Å². The smallest absolute Gasteiger partial charge is 0.180 e. The van der Waals surface area contributed by atoms with E-state index in [1.54, 1.807) is 30.3 Å². The van der Waals surface area contributed by atoms with Crippen molar-refractivity contribution in [3.63, 3.8) is 0 Å². The summed E-state index contributed by atoms with van der Waals surface area (Å²) < 4.78 is 24.4. The Balaban J connectivity index is 2.22. The van der Waals surface area contributed by atoms with Gasteiger partial charge in [0, 0.05) is 6.04 Å². The lowest BCUT2D eigenvalue weighted by atomic mass is 10.1. The van der Waals surface area contributed by atoms with E-state index in [0.29, 0.717) is 4.90 Å². The zero-order valence-electron chi connectivity index (χ0n) is 10.8. The van der Waals surface area contributed by atoms with Crippen molar-refractivity contribution in [2.75, 3.05) is 5.75 Å². The van der Waals surface area contributed by atoms with Crippen LogP contribution in [-0.2, 0) is 9.84 Å². The lowest BCUT2D eigenvalue weighted by Gasteiger charge is -2.13. The van der Waals surface area contributed by atoms with Crippen LogP contribution in [0.2, 0.25) is 0 Å². The van der Waals surface area contributed by atoms with Gasteiger partial charge in [0.1, 0.15) is 0 Å². The minimum Gasteiger partial charge on any atom is -0.323 e. The lowest BCUT2D eigenvalue weighted by Crippen LogP contribution is -2.21. The highest BCUT2D eigenvalue weighted by Gasteiger charge is 2.19. The molecule has 0 radical (unpaired) electrons. The number of hydrogen-bond acceptors (Lipinski definition) is 3. The minimum atomic E-state index is -3.35. The summed E-state index contributed by atoms with van der Waals surface area (Å²) in [5.74, 6) is -0.0829. The van der Waals surface area contributed by atoms with Gasteiger partial charge in [0.2, 0.25) is 0 Å². The molecule has 0 bridgehead atoms. The van der Waals surface area contributed by atoms with Crippen molar-refractivity contribution >= 4 is 9.84 Å². The third-order valence-electron chi connectivity index (χ3n) is 2.97. The van der Waals surface area contributed by atoms with Crippen molar-refractivity contribution < 1.29 is 8.42 Å². The molecule has 0 aliphatic carbocycles. The van der Waals surface area contributed by atoms with Crippen molar-refractivity contribution in [2.45, 2.75) is 17.9 Å². The number of aryl methyl sites for hydroxylation is 1. The van der Waals surface area contributed by atoms with Crippen molar-refractivity contribution in [2.24, 2.45) is 5.73 Å². The molecule has 0 spiro atoms. The molecule has 0 heterocycles. The van der Waals surface area contributed by atoms with Gasteiger partial charge in [-0.25, -0.2) is 8.42 Å². The third kappa shape index (κ3) is 3.43. The highest BCUT2D eigenvalue weighted by Crippen LogP contribution is 2.18. The third-order valence-corrected chi connectivity index (χ3v) is 4.76. The average Bonchev–Trinajstić information content (AvgIpc) is 2.39. The maximum Gasteiger partial charge on any atom is 0.180 e. The molecule has 100 valence electrons. The van der Waals surface area contributed by atoms with Gasteiger partial charge in [-0.05, 0) is 24.6 Å². The summed E-state index contributed by atoms with van der Waals surface area (Å²) in [6, 6.07) is 15.5. The van der Waals surface area contributed by atoms with Crippen LogP contribution in [-0.4, -0.2) is 14.2 Å². The Morgan fingerprint density at radius 3 is 2.37 bits per heavy atom. The maximum absolute atomic E-state index is 12.2. The molecule has 0 aliphatic heterocycles. The Morgan fingerprint density at radius 2 is 1.74 bits per heavy atom. The van der Waals surface area contributed by atoms with E-state index < -0.39 is 15.9 Å². The van der Waals surface area contributed by atoms with Crippen LogP contribution in [0.25, 0.3) is 0 Å². The first-order valence-electron chi connectivity index (χ1n) is 6.09. The molecule has 2 aromatic carbocycles. The average molecular weight is 275 g/mol. The molecule has 4 heteroatoms. The predicted octanol–water partition coefficient (Wildman–Crippen LogP) is 2.47. The van der Waals surface area contributed by atoms with Crippen LogP contribution in [0, 0.1) is 6.92 Å². The second-order valence-electron chi connectivity index (χ2n) is 4.62. The van der Waals surface area contributed by atoms with Gasteiger partial charge < -0.3 is 5.73 Å². The molecule has 0 aromatic heterocycles. The molecule has 0 saturated carbocycles. The van der Waals surface area contributed by atoms with Gasteiger partial charge in [-0.15, -0.1) is 0 Å². The number of nitrogens with two attached hydrogens (primary N) is 1. The molecule has 0 saturated heterocycles. The van der Waals surface area contributed by atoms with Gasteiger partial charge in [0.25, 0.3) is 0 Å². The van der Waals surface area contributed by atoms with Crippen molar-refractivity contribution in [3.05, 3.63) is 65.7 Å². The molecular weight excluding hydrogens is 258 g/mol. The Morgan fingerprint density at radius 1 is 1.05 bits per heavy atom. The van der Waals surface area contributed by atoms with Crippen LogP contribution < -0.4 is 5.73 Å². The zero-order chi connectivity index (χ0) is 13.9. The first-order chi connectivity index (χ1) is 8.99. The summed E-state index contributed by atoms with van der Waals surface area (Å²) in [6.45, 7) is 1.96. The molecule has 3 nitrogen and oxygen atoms in total. The zero-order valence-corrected chi connectivity index (χ0v) is 11.6. The molecule has 0 amide bonds. The Labute approximate surface area is 114 Å². The number of rotatable bonds is 4. The molecule has 2 aromatic rings. The van der Waals surface area contributed by atoms with E-state index >= 15 is 0 Å². The molecule has 19 heavy (non-hydrogen) atoms. The SMILES string of the molecule is Cc1cccc(C(N)CS(=O)(=O)c2ccccc2)c1. The second kappa shape index (κ2) is 5.55. The normalized spacial score (nSPS) is 13.2. The van der Waals surface area contributed by atoms with Crippen LogP contribution in [0.15, 0.2) is 59.5 Å². The predicted molar refractivity (Wildman–Crippen MR) is 76.6 cm³/mol. The molecule has 0 fully saturated rings. The van der Waals surface area contributed by atoms with Crippen LogP contribution >= 0.6 is 0 Å². The first-order valence-corrected chi connectivity index (χ1v) is 7.74. The van der Waals surface area contributed by atoms with E-state index in [0.717, 1.165) is 11.1 Å². The largest absolute Gasteiger partial charge is 0.323 e. The van der Waals surface area contributed by atoms with Crippen LogP contribution in [0.5, 0.6) is 0 Å². The van der Waals surface area contributed by atoms with Crippen molar-refractivity contribution in [1.29, 1.82) is 0 Å². The molecule has 0 aliphatic rings.